The number of ether oxygens (including phenoxy) is 1. The van der Waals surface area contributed by atoms with E-state index in [1.807, 2.05) is 28.0 Å². The number of carbonyl (C=O) groups is 3. The number of rotatable bonds is 17. The molecule has 3 fully saturated rings. The number of nitrogens with one attached hydrogen (secondary N) is 2. The maximum Gasteiger partial charge on any atom is 0.345 e. The quantitative estimate of drug-likeness (QED) is 0.0542. The molecule has 0 aliphatic carbocycles. The Bertz CT molecular complexity index is 2870. The zero-order valence-corrected chi connectivity index (χ0v) is 40.7. The molecule has 0 unspecified atom stereocenters. The summed E-state index contributed by atoms with van der Waals surface area (Å²) in [6.45, 7) is 6.45. The van der Waals surface area contributed by atoms with Crippen LogP contribution < -0.4 is 15.6 Å². The summed E-state index contributed by atoms with van der Waals surface area (Å²) in [4.78, 5) is 61.9. The van der Waals surface area contributed by atoms with Gasteiger partial charge in [0, 0.05) is 61.8 Å². The summed E-state index contributed by atoms with van der Waals surface area (Å²) in [5, 5.41) is 47.8. The van der Waals surface area contributed by atoms with E-state index in [9.17, 15) is 39.6 Å². The van der Waals surface area contributed by atoms with Crippen LogP contribution in [0, 0.1) is 17.8 Å². The van der Waals surface area contributed by atoms with Crippen LogP contribution in [0.5, 0.6) is 11.5 Å². The second kappa shape index (κ2) is 22.4. The van der Waals surface area contributed by atoms with E-state index >= 15 is 0 Å². The number of carboxylic acids is 1. The minimum Gasteiger partial charge on any atom is -0.506 e. The highest BCUT2D eigenvalue weighted by Gasteiger charge is 2.42. The predicted molar refractivity (Wildman–Crippen MR) is 273 cm³/mol. The Hall–Kier alpha value is -6.36. The lowest BCUT2D eigenvalue weighted by Crippen LogP contribution is -2.41. The topological polar surface area (TPSA) is 196 Å². The standard InChI is InChI=1S/C56H63N5O9S/c62-47-15-13-44(45-14-18-51(64)58-52(45)47)48(63)34-57-33-38-21-27-60(28-22-38)53(65)49-16-17-50(71-49)54(66)61-29-23-40(24-30-61)36-70-43-11-6-10-42(32-43)56(69,55(67)68)46-12-5-4-9-41(46)31-37-19-25-59(26-20-37)35-39-7-2-1-3-8-39/h1-18,32,37-38,40,48,57,62-63,69H,19-31,33-36H2,(H,58,64)(H,67,68)/t48-,56-/m0/s1. The van der Waals surface area contributed by atoms with Gasteiger partial charge in [-0.1, -0.05) is 72.8 Å². The minimum absolute atomic E-state index is 0.0550. The number of aliphatic hydroxyl groups is 2. The second-order valence-corrected chi connectivity index (χ2v) is 20.6. The number of likely N-dealkylation sites (tertiary alicyclic amines) is 3. The highest BCUT2D eigenvalue weighted by Crippen LogP contribution is 2.37. The number of phenolic OH excluding ortho intramolecular Hbond substituents is 1. The van der Waals surface area contributed by atoms with Gasteiger partial charge in [-0.15, -0.1) is 11.3 Å². The van der Waals surface area contributed by atoms with Gasteiger partial charge in [0.2, 0.25) is 11.2 Å². The monoisotopic (exact) mass is 981 g/mol. The highest BCUT2D eigenvalue weighted by molar-refractivity contribution is 7.15. The van der Waals surface area contributed by atoms with E-state index in [0.717, 1.165) is 63.7 Å². The van der Waals surface area contributed by atoms with Crippen LogP contribution in [0.2, 0.25) is 0 Å². The van der Waals surface area contributed by atoms with Crippen molar-refractivity contribution in [1.29, 1.82) is 0 Å². The van der Waals surface area contributed by atoms with Crippen molar-refractivity contribution in [2.75, 3.05) is 59.0 Å². The first kappa shape index (κ1) is 49.6. The molecule has 71 heavy (non-hydrogen) atoms. The fourth-order valence-corrected chi connectivity index (χ4v) is 11.5. The number of fused-ring (bicyclic) bond motifs is 1. The first-order valence-electron chi connectivity index (χ1n) is 24.9. The number of amides is 2. The van der Waals surface area contributed by atoms with Crippen molar-refractivity contribution in [1.82, 2.24) is 25.0 Å². The molecule has 3 aliphatic heterocycles. The molecule has 2 atom stereocenters. The van der Waals surface area contributed by atoms with Gasteiger partial charge in [0.15, 0.2) is 0 Å². The Morgan fingerprint density at radius 3 is 2.08 bits per heavy atom. The zero-order valence-electron chi connectivity index (χ0n) is 39.9. The molecular formula is C56H63N5O9S. The molecule has 0 radical (unpaired) electrons. The number of pyridine rings is 1. The first-order valence-corrected chi connectivity index (χ1v) is 25.7. The molecule has 0 saturated carbocycles. The average molecular weight is 982 g/mol. The summed E-state index contributed by atoms with van der Waals surface area (Å²) in [5.41, 5.74) is 1.03. The van der Waals surface area contributed by atoms with Crippen LogP contribution >= 0.6 is 11.3 Å². The molecule has 9 rings (SSSR count). The van der Waals surface area contributed by atoms with Gasteiger partial charge >= 0.3 is 5.97 Å². The molecular weight excluding hydrogens is 919 g/mol. The fourth-order valence-electron chi connectivity index (χ4n) is 10.6. The Morgan fingerprint density at radius 1 is 0.746 bits per heavy atom. The smallest absolute Gasteiger partial charge is 0.345 e. The Kier molecular flexibility index (Phi) is 15.6. The number of aromatic nitrogens is 1. The van der Waals surface area contributed by atoms with Crippen molar-refractivity contribution in [2.24, 2.45) is 17.8 Å². The number of aliphatic carboxylic acids is 1. The SMILES string of the molecule is O=C(c1ccc(C(=O)N2CCC(COc3cccc([C@@](O)(C(=O)O)c4ccccc4CC4CCN(Cc5ccccc5)CC4)c3)CC2)s1)N1CCC(CNC[C@H](O)c2ccc(O)c3[nH]c(=O)ccc23)CC1. The van der Waals surface area contributed by atoms with Crippen LogP contribution in [0.25, 0.3) is 10.9 Å². The summed E-state index contributed by atoms with van der Waals surface area (Å²) in [7, 11) is 0. The molecule has 5 heterocycles. The van der Waals surface area contributed by atoms with Crippen LogP contribution in [0.15, 0.2) is 120 Å². The number of carbonyl (C=O) groups excluding carboxylic acids is 2. The molecule has 2 amide bonds. The fraction of sp³-hybridized carbons (Fsp3) is 0.393. The second-order valence-electron chi connectivity index (χ2n) is 19.5. The van der Waals surface area contributed by atoms with E-state index in [2.05, 4.69) is 39.5 Å². The predicted octanol–water partition coefficient (Wildman–Crippen LogP) is 7.18. The van der Waals surface area contributed by atoms with E-state index in [0.29, 0.717) is 102 Å². The number of aromatic amines is 1. The molecule has 6 N–H and O–H groups in total. The van der Waals surface area contributed by atoms with Gasteiger partial charge in [0.1, 0.15) is 11.5 Å². The third-order valence-corrected chi connectivity index (χ3v) is 15.8. The Morgan fingerprint density at radius 2 is 1.39 bits per heavy atom. The van der Waals surface area contributed by atoms with Gasteiger partial charge in [0.25, 0.3) is 11.8 Å². The molecule has 4 aromatic carbocycles. The number of thiophene rings is 1. The van der Waals surface area contributed by atoms with E-state index in [1.54, 1.807) is 60.7 Å². The number of benzene rings is 4. The van der Waals surface area contributed by atoms with E-state index in [4.69, 9.17) is 4.74 Å². The average Bonchev–Trinajstić information content (AvgIpc) is 3.90. The molecule has 372 valence electrons. The lowest BCUT2D eigenvalue weighted by molar-refractivity contribution is -0.155. The first-order chi connectivity index (χ1) is 34.4. The third kappa shape index (κ3) is 11.6. The van der Waals surface area contributed by atoms with E-state index in [1.165, 1.54) is 29.0 Å². The number of piperidine rings is 3. The Balaban J connectivity index is 0.719. The van der Waals surface area contributed by atoms with Crippen LogP contribution in [-0.4, -0.2) is 117 Å². The van der Waals surface area contributed by atoms with E-state index in [-0.39, 0.29) is 34.6 Å². The molecule has 14 nitrogen and oxygen atoms in total. The van der Waals surface area contributed by atoms with Crippen LogP contribution in [-0.2, 0) is 23.4 Å². The lowest BCUT2D eigenvalue weighted by Gasteiger charge is -2.33. The van der Waals surface area contributed by atoms with Gasteiger partial charge in [-0.2, -0.15) is 0 Å². The summed E-state index contributed by atoms with van der Waals surface area (Å²) in [6.07, 6.45) is 4.86. The van der Waals surface area contributed by atoms with Crippen molar-refractivity contribution < 1.29 is 39.5 Å². The number of aromatic hydroxyl groups is 1. The Labute approximate surface area is 417 Å². The molecule has 3 saturated heterocycles. The number of aliphatic hydroxyl groups excluding tert-OH is 1. The summed E-state index contributed by atoms with van der Waals surface area (Å²) < 4.78 is 6.26. The molecule has 2 aromatic heterocycles. The van der Waals surface area contributed by atoms with Gasteiger partial charge in [-0.05, 0) is 135 Å². The minimum atomic E-state index is -2.27. The zero-order chi connectivity index (χ0) is 49.5. The van der Waals surface area contributed by atoms with Crippen LogP contribution in [0.1, 0.15) is 91.8 Å². The van der Waals surface area contributed by atoms with Crippen molar-refractivity contribution in [3.63, 3.8) is 0 Å². The third-order valence-electron chi connectivity index (χ3n) is 14.8. The number of H-pyrrole nitrogens is 1. The number of hydrogen-bond donors (Lipinski definition) is 6. The number of nitrogens with zero attached hydrogens (tertiary/aromatic N) is 3. The summed E-state index contributed by atoms with van der Waals surface area (Å²) >= 11 is 1.23. The van der Waals surface area contributed by atoms with Gasteiger partial charge in [-0.25, -0.2) is 4.79 Å². The normalized spacial score (nSPS) is 17.8. The molecule has 0 spiro atoms. The van der Waals surface area contributed by atoms with Crippen molar-refractivity contribution >= 4 is 40.0 Å². The van der Waals surface area contributed by atoms with Crippen molar-refractivity contribution in [3.05, 3.63) is 163 Å². The van der Waals surface area contributed by atoms with Crippen LogP contribution in [0.3, 0.4) is 0 Å². The highest BCUT2D eigenvalue weighted by atomic mass is 32.1. The maximum atomic E-state index is 13.6. The summed E-state index contributed by atoms with van der Waals surface area (Å²) in [5.74, 6) is -0.252. The molecule has 15 heteroatoms. The molecule has 6 aromatic rings. The van der Waals surface area contributed by atoms with E-state index < -0.39 is 17.7 Å². The molecule has 3 aliphatic rings. The van der Waals surface area contributed by atoms with Crippen molar-refractivity contribution in [2.45, 2.75) is 63.2 Å². The number of phenols is 1. The largest absolute Gasteiger partial charge is 0.506 e. The van der Waals surface area contributed by atoms with Gasteiger partial charge in [-0.3, -0.25) is 19.3 Å². The van der Waals surface area contributed by atoms with Crippen molar-refractivity contribution in [3.8, 4) is 11.5 Å². The lowest BCUT2D eigenvalue weighted by atomic mass is 9.80. The van der Waals surface area contributed by atoms with Crippen LogP contribution in [0.4, 0.5) is 0 Å². The van der Waals surface area contributed by atoms with Gasteiger partial charge < -0.3 is 45.3 Å². The summed E-state index contributed by atoms with van der Waals surface area (Å²) in [6, 6.07) is 34.2. The number of hydrogen-bond acceptors (Lipinski definition) is 11. The number of carboxylic acid groups (broad SMARTS) is 1. The van der Waals surface area contributed by atoms with Gasteiger partial charge in [0.05, 0.1) is 28.0 Å². The molecule has 0 bridgehead atoms. The maximum absolute atomic E-state index is 13.6.